The Hall–Kier alpha value is -2.83. The molecular weight excluding hydrogens is 356 g/mol. The number of likely N-dealkylation sites (N-methyl/N-ethyl adjacent to an activating group) is 1. The van der Waals surface area contributed by atoms with Gasteiger partial charge in [0.25, 0.3) is 0 Å². The molecule has 2 amide bonds. The number of amides is 2. The van der Waals surface area contributed by atoms with Gasteiger partial charge in [0, 0.05) is 44.9 Å². The van der Waals surface area contributed by atoms with E-state index in [1.54, 1.807) is 11.9 Å². The predicted molar refractivity (Wildman–Crippen MR) is 105 cm³/mol. The topological polar surface area (TPSA) is 94.5 Å². The van der Waals surface area contributed by atoms with Crippen LogP contribution in [-0.2, 0) is 9.53 Å². The summed E-state index contributed by atoms with van der Waals surface area (Å²) in [5, 5.41) is 13.5. The first-order valence-electron chi connectivity index (χ1n) is 9.80. The van der Waals surface area contributed by atoms with E-state index in [1.165, 1.54) is 5.56 Å². The molecule has 1 saturated carbocycles. The standard InChI is InChI=1S/C21H26N4O3/c1-23-19-17(26)12-21(28-18(19)13-22)7-9-25(10-8-21)20(27)24-16-11-15(16)14-5-3-2-4-6-14/h2-6,13,15-16,22-23H,7-12H2,1H3,(H,24,27)/t15-,16+/m0/s1. The van der Waals surface area contributed by atoms with Crippen molar-refractivity contribution in [2.75, 3.05) is 20.1 Å². The van der Waals surface area contributed by atoms with E-state index >= 15 is 0 Å². The minimum Gasteiger partial charge on any atom is -0.483 e. The van der Waals surface area contributed by atoms with E-state index in [9.17, 15) is 9.59 Å². The van der Waals surface area contributed by atoms with Crippen LogP contribution < -0.4 is 10.6 Å². The van der Waals surface area contributed by atoms with Crippen molar-refractivity contribution < 1.29 is 14.3 Å². The molecule has 148 valence electrons. The number of ether oxygens (including phenoxy) is 1. The fraction of sp³-hybridized carbons (Fsp3) is 0.476. The smallest absolute Gasteiger partial charge is 0.317 e. The Balaban J connectivity index is 1.32. The third-order valence-corrected chi connectivity index (χ3v) is 6.00. The molecule has 2 aliphatic heterocycles. The zero-order valence-corrected chi connectivity index (χ0v) is 16.0. The zero-order valence-electron chi connectivity index (χ0n) is 16.0. The van der Waals surface area contributed by atoms with Crippen LogP contribution in [0.2, 0.25) is 0 Å². The molecule has 2 atom stereocenters. The van der Waals surface area contributed by atoms with Gasteiger partial charge in [0.1, 0.15) is 11.3 Å². The summed E-state index contributed by atoms with van der Waals surface area (Å²) < 4.78 is 6.03. The van der Waals surface area contributed by atoms with Crippen LogP contribution in [-0.4, -0.2) is 54.7 Å². The van der Waals surface area contributed by atoms with E-state index in [0.717, 1.165) is 12.6 Å². The first-order chi connectivity index (χ1) is 13.5. The number of nitrogens with zero attached hydrogens (tertiary/aromatic N) is 1. The van der Waals surface area contributed by atoms with Gasteiger partial charge in [-0.15, -0.1) is 0 Å². The molecule has 3 N–H and O–H groups in total. The van der Waals surface area contributed by atoms with Gasteiger partial charge in [-0.3, -0.25) is 4.79 Å². The molecule has 1 aliphatic carbocycles. The van der Waals surface area contributed by atoms with Crippen LogP contribution in [0.15, 0.2) is 41.8 Å². The number of benzene rings is 1. The van der Waals surface area contributed by atoms with Crippen LogP contribution in [0.5, 0.6) is 0 Å². The van der Waals surface area contributed by atoms with Gasteiger partial charge in [0.15, 0.2) is 11.5 Å². The Morgan fingerprint density at radius 2 is 2.00 bits per heavy atom. The minimum atomic E-state index is -0.604. The number of carbonyl (C=O) groups is 2. The fourth-order valence-electron chi connectivity index (χ4n) is 4.27. The quantitative estimate of drug-likeness (QED) is 0.696. The fourth-order valence-corrected chi connectivity index (χ4v) is 4.27. The molecule has 1 aromatic carbocycles. The Labute approximate surface area is 164 Å². The molecule has 28 heavy (non-hydrogen) atoms. The highest BCUT2D eigenvalue weighted by Crippen LogP contribution is 2.41. The number of hydrogen-bond donors (Lipinski definition) is 3. The summed E-state index contributed by atoms with van der Waals surface area (Å²) in [6.45, 7) is 1.09. The lowest BCUT2D eigenvalue weighted by molar-refractivity contribution is -0.128. The van der Waals surface area contributed by atoms with Crippen molar-refractivity contribution in [1.29, 1.82) is 5.41 Å². The van der Waals surface area contributed by atoms with Gasteiger partial charge in [-0.05, 0) is 12.0 Å². The van der Waals surface area contributed by atoms with Crippen molar-refractivity contribution in [3.8, 4) is 0 Å². The highest BCUT2D eigenvalue weighted by molar-refractivity contribution is 6.01. The number of hydrogen-bond acceptors (Lipinski definition) is 5. The van der Waals surface area contributed by atoms with Crippen LogP contribution in [0.25, 0.3) is 0 Å². The number of Topliss-reactive ketones (excluding diaryl/α,β-unsaturated/α-hetero) is 1. The van der Waals surface area contributed by atoms with Crippen LogP contribution in [0.1, 0.15) is 37.2 Å². The van der Waals surface area contributed by atoms with Crippen LogP contribution in [0.4, 0.5) is 4.79 Å². The van der Waals surface area contributed by atoms with Crippen molar-refractivity contribution in [2.45, 2.75) is 43.2 Å². The SMILES string of the molecule is CNC1=C(C=N)OC2(CCN(C(=O)N[C@@H]3C[C@H]3c3ccccc3)CC2)CC1=O. The first-order valence-corrected chi connectivity index (χ1v) is 9.80. The summed E-state index contributed by atoms with van der Waals surface area (Å²) in [5.41, 5.74) is 1.03. The Kier molecular flexibility index (Phi) is 4.83. The van der Waals surface area contributed by atoms with Crippen molar-refractivity contribution in [3.63, 3.8) is 0 Å². The second kappa shape index (κ2) is 7.30. The van der Waals surface area contributed by atoms with Crippen molar-refractivity contribution in [2.24, 2.45) is 0 Å². The number of carbonyl (C=O) groups excluding carboxylic acids is 2. The largest absolute Gasteiger partial charge is 0.483 e. The van der Waals surface area contributed by atoms with E-state index in [2.05, 4.69) is 22.8 Å². The minimum absolute atomic E-state index is 0.0335. The summed E-state index contributed by atoms with van der Waals surface area (Å²) in [7, 11) is 1.66. The highest BCUT2D eigenvalue weighted by atomic mass is 16.5. The molecule has 1 aromatic rings. The molecule has 0 radical (unpaired) electrons. The highest BCUT2D eigenvalue weighted by Gasteiger charge is 2.45. The zero-order chi connectivity index (χ0) is 19.7. The number of rotatable bonds is 4. The van der Waals surface area contributed by atoms with Gasteiger partial charge in [0.05, 0.1) is 12.6 Å². The normalized spacial score (nSPS) is 25.9. The van der Waals surface area contributed by atoms with E-state index in [0.29, 0.717) is 43.3 Å². The average Bonchev–Trinajstić information content (AvgIpc) is 3.47. The molecule has 2 fully saturated rings. The van der Waals surface area contributed by atoms with Crippen molar-refractivity contribution in [1.82, 2.24) is 15.5 Å². The summed E-state index contributed by atoms with van der Waals surface area (Å²) in [4.78, 5) is 26.8. The molecule has 1 saturated heterocycles. The predicted octanol–water partition coefficient (Wildman–Crippen LogP) is 2.16. The Morgan fingerprint density at radius 1 is 1.29 bits per heavy atom. The molecule has 7 heteroatoms. The number of nitrogens with one attached hydrogen (secondary N) is 3. The first kappa shape index (κ1) is 18.5. The third kappa shape index (κ3) is 3.48. The van der Waals surface area contributed by atoms with Gasteiger partial charge in [-0.1, -0.05) is 30.3 Å². The lowest BCUT2D eigenvalue weighted by Gasteiger charge is -2.43. The van der Waals surface area contributed by atoms with Gasteiger partial charge < -0.3 is 25.7 Å². The maximum Gasteiger partial charge on any atom is 0.317 e. The summed E-state index contributed by atoms with van der Waals surface area (Å²) >= 11 is 0. The van der Waals surface area contributed by atoms with Crippen molar-refractivity contribution >= 4 is 18.0 Å². The number of allylic oxidation sites excluding steroid dienone is 2. The van der Waals surface area contributed by atoms with Gasteiger partial charge in [-0.2, -0.15) is 0 Å². The van der Waals surface area contributed by atoms with E-state index in [-0.39, 0.29) is 24.3 Å². The van der Waals surface area contributed by atoms with Gasteiger partial charge in [-0.25, -0.2) is 4.79 Å². The lowest BCUT2D eigenvalue weighted by Crippen LogP contribution is -2.53. The molecule has 0 aromatic heterocycles. The third-order valence-electron chi connectivity index (χ3n) is 6.00. The molecular formula is C21H26N4O3. The molecule has 2 heterocycles. The molecule has 7 nitrogen and oxygen atoms in total. The van der Waals surface area contributed by atoms with Crippen LogP contribution >= 0.6 is 0 Å². The van der Waals surface area contributed by atoms with E-state index < -0.39 is 5.60 Å². The number of urea groups is 1. The van der Waals surface area contributed by atoms with Crippen molar-refractivity contribution in [3.05, 3.63) is 47.4 Å². The summed E-state index contributed by atoms with van der Waals surface area (Å²) in [6, 6.07) is 10.4. The molecule has 3 aliphatic rings. The lowest BCUT2D eigenvalue weighted by atomic mass is 9.83. The van der Waals surface area contributed by atoms with Gasteiger partial charge in [0.2, 0.25) is 0 Å². The average molecular weight is 382 g/mol. The van der Waals surface area contributed by atoms with E-state index in [4.69, 9.17) is 10.1 Å². The van der Waals surface area contributed by atoms with Crippen LogP contribution in [0, 0.1) is 5.41 Å². The second-order valence-corrected chi connectivity index (χ2v) is 7.81. The Morgan fingerprint density at radius 3 is 2.64 bits per heavy atom. The van der Waals surface area contributed by atoms with Gasteiger partial charge >= 0.3 is 6.03 Å². The number of piperidine rings is 1. The molecule has 4 rings (SSSR count). The molecule has 0 bridgehead atoms. The van der Waals surface area contributed by atoms with Crippen LogP contribution in [0.3, 0.4) is 0 Å². The number of likely N-dealkylation sites (tertiary alicyclic amines) is 1. The summed E-state index contributed by atoms with van der Waals surface area (Å²) in [5.74, 6) is 0.662. The number of ketones is 1. The maximum absolute atomic E-state index is 12.6. The molecule has 1 spiro atoms. The summed E-state index contributed by atoms with van der Waals surface area (Å²) in [6.07, 6.45) is 3.53. The Bertz CT molecular complexity index is 812. The van der Waals surface area contributed by atoms with E-state index in [1.807, 2.05) is 18.2 Å². The second-order valence-electron chi connectivity index (χ2n) is 7.81. The molecule has 0 unspecified atom stereocenters. The monoisotopic (exact) mass is 382 g/mol. The maximum atomic E-state index is 12.6.